The lowest BCUT2D eigenvalue weighted by Gasteiger charge is -2.03. The lowest BCUT2D eigenvalue weighted by Crippen LogP contribution is -2.22. The smallest absolute Gasteiger partial charge is 0.273 e. The summed E-state index contributed by atoms with van der Waals surface area (Å²) in [5, 5.41) is 13.6. The van der Waals surface area contributed by atoms with Gasteiger partial charge in [-0.2, -0.15) is 0 Å². The molecule has 0 aliphatic heterocycles. The van der Waals surface area contributed by atoms with Gasteiger partial charge in [-0.15, -0.1) is 24.8 Å². The molecule has 0 radical (unpaired) electrons. The molecule has 0 bridgehead atoms. The third-order valence-corrected chi connectivity index (χ3v) is 1.82. The number of hydrogen-bond acceptors (Lipinski definition) is 4. The Kier molecular flexibility index (Phi) is 10.2. The normalized spacial score (nSPS) is 8.81. The number of halogens is 2. The van der Waals surface area contributed by atoms with Gasteiger partial charge in [-0.3, -0.25) is 10.1 Å². The first-order chi connectivity index (χ1) is 6.75. The fraction of sp³-hybridized carbons (Fsp3) is 0.333. The van der Waals surface area contributed by atoms with Gasteiger partial charge in [0, 0.05) is 31.3 Å². The van der Waals surface area contributed by atoms with E-state index in [-0.39, 0.29) is 35.4 Å². The summed E-state index contributed by atoms with van der Waals surface area (Å²) in [6.07, 6.45) is 0. The summed E-state index contributed by atoms with van der Waals surface area (Å²) in [6, 6.07) is 6.68. The molecule has 0 aromatic heterocycles. The Morgan fingerprint density at radius 1 is 1.31 bits per heavy atom. The van der Waals surface area contributed by atoms with Crippen molar-refractivity contribution in [3.63, 3.8) is 0 Å². The van der Waals surface area contributed by atoms with Gasteiger partial charge in [-0.1, -0.05) is 18.2 Å². The number of benzene rings is 1. The number of nitrogens with one attached hydrogen (secondary N) is 1. The first kappa shape index (κ1) is 17.5. The van der Waals surface area contributed by atoms with Gasteiger partial charge in [0.25, 0.3) is 5.69 Å². The zero-order chi connectivity index (χ0) is 10.4. The van der Waals surface area contributed by atoms with Crippen LogP contribution in [0.25, 0.3) is 0 Å². The van der Waals surface area contributed by atoms with E-state index < -0.39 is 0 Å². The van der Waals surface area contributed by atoms with Gasteiger partial charge in [0.1, 0.15) is 0 Å². The van der Waals surface area contributed by atoms with Crippen LogP contribution in [-0.2, 0) is 6.54 Å². The van der Waals surface area contributed by atoms with Crippen LogP contribution in [0.1, 0.15) is 5.56 Å². The monoisotopic (exact) mass is 267 g/mol. The van der Waals surface area contributed by atoms with E-state index in [1.807, 2.05) is 0 Å². The molecular weight excluding hydrogens is 253 g/mol. The first-order valence-corrected chi connectivity index (χ1v) is 4.39. The van der Waals surface area contributed by atoms with Crippen molar-refractivity contribution in [3.05, 3.63) is 39.9 Å². The molecule has 0 fully saturated rings. The predicted octanol–water partition coefficient (Wildman–Crippen LogP) is 1.49. The quantitative estimate of drug-likeness (QED) is 0.481. The van der Waals surface area contributed by atoms with Crippen molar-refractivity contribution in [2.24, 2.45) is 5.73 Å². The van der Waals surface area contributed by atoms with Crippen LogP contribution in [-0.4, -0.2) is 18.0 Å². The van der Waals surface area contributed by atoms with Crippen molar-refractivity contribution in [2.75, 3.05) is 13.1 Å². The van der Waals surface area contributed by atoms with Crippen LogP contribution in [0.2, 0.25) is 0 Å². The molecule has 7 heteroatoms. The highest BCUT2D eigenvalue weighted by Crippen LogP contribution is 2.16. The van der Waals surface area contributed by atoms with E-state index in [0.717, 1.165) is 0 Å². The molecule has 92 valence electrons. The van der Waals surface area contributed by atoms with Crippen LogP contribution in [0, 0.1) is 10.1 Å². The Morgan fingerprint density at radius 2 is 1.94 bits per heavy atom. The lowest BCUT2D eigenvalue weighted by molar-refractivity contribution is -0.385. The number of nitrogens with zero attached hydrogens (tertiary/aromatic N) is 1. The summed E-state index contributed by atoms with van der Waals surface area (Å²) < 4.78 is 0. The van der Waals surface area contributed by atoms with Gasteiger partial charge < -0.3 is 11.1 Å². The lowest BCUT2D eigenvalue weighted by atomic mass is 10.2. The second kappa shape index (κ2) is 9.35. The van der Waals surface area contributed by atoms with E-state index in [0.29, 0.717) is 25.2 Å². The molecule has 0 spiro atoms. The molecule has 1 rings (SSSR count). The zero-order valence-corrected chi connectivity index (χ0v) is 10.2. The minimum atomic E-state index is -0.376. The summed E-state index contributed by atoms with van der Waals surface area (Å²) in [7, 11) is 0. The van der Waals surface area contributed by atoms with Crippen LogP contribution in [0.15, 0.2) is 24.3 Å². The number of rotatable bonds is 5. The van der Waals surface area contributed by atoms with Gasteiger partial charge >= 0.3 is 0 Å². The molecule has 0 aliphatic carbocycles. The molecule has 5 nitrogen and oxygen atoms in total. The standard InChI is InChI=1S/C9H13N3O2.2ClH/c10-5-6-11-7-8-3-1-2-4-9(8)12(13)14;;/h1-4,11H,5-7,10H2;2*1H. The summed E-state index contributed by atoms with van der Waals surface area (Å²) in [5.74, 6) is 0. The Balaban J connectivity index is 0. The van der Waals surface area contributed by atoms with Crippen LogP contribution >= 0.6 is 24.8 Å². The summed E-state index contributed by atoms with van der Waals surface area (Å²) in [6.45, 7) is 1.67. The molecule has 0 saturated carbocycles. The largest absolute Gasteiger partial charge is 0.329 e. The molecule has 0 saturated heterocycles. The summed E-state index contributed by atoms with van der Waals surface area (Å²) in [5.41, 5.74) is 6.13. The minimum absolute atomic E-state index is 0. The molecule has 0 heterocycles. The van der Waals surface area contributed by atoms with Crippen LogP contribution in [0.5, 0.6) is 0 Å². The fourth-order valence-electron chi connectivity index (χ4n) is 1.16. The minimum Gasteiger partial charge on any atom is -0.329 e. The highest BCUT2D eigenvalue weighted by molar-refractivity contribution is 5.85. The zero-order valence-electron chi connectivity index (χ0n) is 8.59. The van der Waals surface area contributed by atoms with E-state index in [2.05, 4.69) is 5.32 Å². The maximum Gasteiger partial charge on any atom is 0.273 e. The third kappa shape index (κ3) is 5.27. The topological polar surface area (TPSA) is 81.2 Å². The number of hydrogen-bond donors (Lipinski definition) is 2. The molecule has 1 aromatic carbocycles. The van der Waals surface area contributed by atoms with E-state index in [1.54, 1.807) is 18.2 Å². The SMILES string of the molecule is Cl.Cl.NCCNCc1ccccc1[N+](=O)[O-]. The molecule has 0 amide bonds. The van der Waals surface area contributed by atoms with Crippen molar-refractivity contribution in [3.8, 4) is 0 Å². The molecule has 0 unspecified atom stereocenters. The van der Waals surface area contributed by atoms with E-state index in [4.69, 9.17) is 5.73 Å². The summed E-state index contributed by atoms with van der Waals surface area (Å²) in [4.78, 5) is 10.2. The fourth-order valence-corrected chi connectivity index (χ4v) is 1.16. The Labute approximate surface area is 106 Å². The summed E-state index contributed by atoms with van der Waals surface area (Å²) >= 11 is 0. The Morgan fingerprint density at radius 3 is 2.50 bits per heavy atom. The van der Waals surface area contributed by atoms with Crippen molar-refractivity contribution in [2.45, 2.75) is 6.54 Å². The van der Waals surface area contributed by atoms with Crippen molar-refractivity contribution in [1.82, 2.24) is 5.32 Å². The second-order valence-corrected chi connectivity index (χ2v) is 2.85. The Hall–Kier alpha value is -0.880. The van der Waals surface area contributed by atoms with Crippen molar-refractivity contribution >= 4 is 30.5 Å². The molecule has 0 aliphatic rings. The molecule has 16 heavy (non-hydrogen) atoms. The average molecular weight is 268 g/mol. The number of nitro groups is 1. The number of nitrogens with two attached hydrogens (primary N) is 1. The van der Waals surface area contributed by atoms with Crippen LogP contribution < -0.4 is 11.1 Å². The molecular formula is C9H15Cl2N3O2. The maximum atomic E-state index is 10.6. The van der Waals surface area contributed by atoms with Crippen molar-refractivity contribution in [1.29, 1.82) is 0 Å². The molecule has 1 aromatic rings. The first-order valence-electron chi connectivity index (χ1n) is 4.39. The van der Waals surface area contributed by atoms with Crippen LogP contribution in [0.3, 0.4) is 0 Å². The van der Waals surface area contributed by atoms with E-state index >= 15 is 0 Å². The molecule has 0 atom stereocenters. The molecule has 3 N–H and O–H groups in total. The van der Waals surface area contributed by atoms with E-state index in [9.17, 15) is 10.1 Å². The van der Waals surface area contributed by atoms with Gasteiger partial charge in [-0.05, 0) is 0 Å². The van der Waals surface area contributed by atoms with Crippen LogP contribution in [0.4, 0.5) is 5.69 Å². The van der Waals surface area contributed by atoms with E-state index in [1.165, 1.54) is 6.07 Å². The van der Waals surface area contributed by atoms with Crippen molar-refractivity contribution < 1.29 is 4.92 Å². The maximum absolute atomic E-state index is 10.6. The average Bonchev–Trinajstić information content (AvgIpc) is 2.19. The second-order valence-electron chi connectivity index (χ2n) is 2.85. The predicted molar refractivity (Wildman–Crippen MR) is 68.4 cm³/mol. The van der Waals surface area contributed by atoms with Gasteiger partial charge in [0.2, 0.25) is 0 Å². The number of nitro benzene ring substituents is 1. The van der Waals surface area contributed by atoms with Gasteiger partial charge in [0.15, 0.2) is 0 Å². The third-order valence-electron chi connectivity index (χ3n) is 1.82. The van der Waals surface area contributed by atoms with Gasteiger partial charge in [0.05, 0.1) is 4.92 Å². The van der Waals surface area contributed by atoms with Gasteiger partial charge in [-0.25, -0.2) is 0 Å². The highest BCUT2D eigenvalue weighted by Gasteiger charge is 2.10. The Bertz CT molecular complexity index is 323. The highest BCUT2D eigenvalue weighted by atomic mass is 35.5. The number of para-hydroxylation sites is 1.